The van der Waals surface area contributed by atoms with E-state index in [4.69, 9.17) is 21.1 Å². The first-order valence-corrected chi connectivity index (χ1v) is 9.27. The zero-order valence-corrected chi connectivity index (χ0v) is 17.5. The Bertz CT molecular complexity index is 865. The third kappa shape index (κ3) is 5.11. The molecule has 0 aliphatic heterocycles. The van der Waals surface area contributed by atoms with E-state index >= 15 is 0 Å². The van der Waals surface area contributed by atoms with Gasteiger partial charge in [0, 0.05) is 22.0 Å². The van der Waals surface area contributed by atoms with E-state index in [1.165, 1.54) is 13.2 Å². The van der Waals surface area contributed by atoms with Crippen molar-refractivity contribution in [2.75, 3.05) is 7.11 Å². The van der Waals surface area contributed by atoms with E-state index in [1.54, 1.807) is 12.1 Å². The minimum absolute atomic E-state index is 0.343. The van der Waals surface area contributed by atoms with E-state index in [9.17, 15) is 9.59 Å². The number of fused-ring (bicyclic) bond motifs is 1. The van der Waals surface area contributed by atoms with Gasteiger partial charge in [0.2, 0.25) is 0 Å². The minimum atomic E-state index is -0.513. The summed E-state index contributed by atoms with van der Waals surface area (Å²) in [6.07, 6.45) is 4.47. The molecule has 0 fully saturated rings. The molecule has 0 aliphatic carbocycles. The number of aromatic amines is 1. The van der Waals surface area contributed by atoms with E-state index in [0.29, 0.717) is 28.0 Å². The number of ether oxygens (including phenoxy) is 2. The van der Waals surface area contributed by atoms with Gasteiger partial charge in [0.05, 0.1) is 11.6 Å². The number of carbonyl (C=O) groups excluding carboxylic acids is 2. The van der Waals surface area contributed by atoms with Gasteiger partial charge in [-0.25, -0.2) is 9.59 Å². The molecule has 0 radical (unpaired) electrons. The zero-order valence-electron chi connectivity index (χ0n) is 15.1. The van der Waals surface area contributed by atoms with Crippen LogP contribution >= 0.6 is 27.5 Å². The molecule has 0 atom stereocenters. The van der Waals surface area contributed by atoms with Gasteiger partial charge in [-0.05, 0) is 67.2 Å². The van der Waals surface area contributed by atoms with Crippen LogP contribution in [0.3, 0.4) is 0 Å². The average molecular weight is 443 g/mol. The zero-order chi connectivity index (χ0) is 19.5. The minimum Gasteiger partial charge on any atom is -0.464 e. The van der Waals surface area contributed by atoms with E-state index < -0.39 is 11.6 Å². The summed E-state index contributed by atoms with van der Waals surface area (Å²) in [4.78, 5) is 26.6. The molecule has 0 saturated heterocycles. The summed E-state index contributed by atoms with van der Waals surface area (Å²) >= 11 is 9.66. The number of halogens is 2. The lowest BCUT2D eigenvalue weighted by Crippen LogP contribution is -2.22. The molecule has 5 nitrogen and oxygen atoms in total. The quantitative estimate of drug-likeness (QED) is 0.510. The molecule has 0 saturated carbocycles. The fraction of sp³-hybridized carbons (Fsp3) is 0.368. The van der Waals surface area contributed by atoms with Crippen LogP contribution in [0.2, 0.25) is 5.02 Å². The smallest absolute Gasteiger partial charge is 0.355 e. The molecule has 0 spiro atoms. The summed E-state index contributed by atoms with van der Waals surface area (Å²) in [6, 6.07) is 3.61. The molecular weight excluding hydrogens is 422 g/mol. The van der Waals surface area contributed by atoms with Crippen molar-refractivity contribution in [3.63, 3.8) is 0 Å². The summed E-state index contributed by atoms with van der Waals surface area (Å²) in [7, 11) is 1.33. The topological polar surface area (TPSA) is 68.4 Å². The lowest BCUT2D eigenvalue weighted by Gasteiger charge is -2.17. The lowest BCUT2D eigenvalue weighted by atomic mass is 10.0. The number of aryl methyl sites for hydroxylation is 1. The molecule has 0 amide bonds. The Hall–Kier alpha value is -1.79. The number of benzene rings is 1. The van der Waals surface area contributed by atoms with Crippen LogP contribution in [0.5, 0.6) is 0 Å². The van der Waals surface area contributed by atoms with Crippen LogP contribution < -0.4 is 0 Å². The van der Waals surface area contributed by atoms with Crippen molar-refractivity contribution >= 4 is 50.4 Å². The monoisotopic (exact) mass is 441 g/mol. The number of allylic oxidation sites excluding steroid dienone is 1. The summed E-state index contributed by atoms with van der Waals surface area (Å²) < 4.78 is 10.7. The van der Waals surface area contributed by atoms with Gasteiger partial charge in [-0.2, -0.15) is 0 Å². The third-order valence-electron chi connectivity index (χ3n) is 3.51. The second-order valence-electron chi connectivity index (χ2n) is 6.77. The van der Waals surface area contributed by atoms with Crippen LogP contribution in [0.4, 0.5) is 0 Å². The first kappa shape index (κ1) is 20.5. The molecule has 1 heterocycles. The number of rotatable bonds is 5. The predicted octanol–water partition coefficient (Wildman–Crippen LogP) is 5.20. The fourth-order valence-electron chi connectivity index (χ4n) is 2.53. The lowest BCUT2D eigenvalue weighted by molar-refractivity contribution is -0.148. The van der Waals surface area contributed by atoms with Crippen LogP contribution in [-0.2, 0) is 20.7 Å². The number of hydrogen-bond donors (Lipinski definition) is 1. The summed E-state index contributed by atoms with van der Waals surface area (Å²) in [5.41, 5.74) is 1.53. The van der Waals surface area contributed by atoms with E-state index in [2.05, 4.69) is 20.9 Å². The molecule has 140 valence electrons. The molecule has 2 aromatic rings. The van der Waals surface area contributed by atoms with Gasteiger partial charge < -0.3 is 14.5 Å². The Labute approximate surface area is 165 Å². The maximum absolute atomic E-state index is 11.9. The third-order valence-corrected chi connectivity index (χ3v) is 4.53. The van der Waals surface area contributed by atoms with E-state index in [-0.39, 0.29) is 5.97 Å². The fourth-order valence-corrected chi connectivity index (χ4v) is 3.50. The van der Waals surface area contributed by atoms with Gasteiger partial charge in [-0.15, -0.1) is 0 Å². The Balaban J connectivity index is 2.20. The molecular formula is C19H21BrClNO4. The number of esters is 2. The van der Waals surface area contributed by atoms with Gasteiger partial charge in [-0.1, -0.05) is 17.7 Å². The van der Waals surface area contributed by atoms with Crippen molar-refractivity contribution in [2.45, 2.75) is 39.2 Å². The van der Waals surface area contributed by atoms with Crippen molar-refractivity contribution in [3.05, 3.63) is 45.0 Å². The van der Waals surface area contributed by atoms with Gasteiger partial charge in [0.25, 0.3) is 0 Å². The Kier molecular flexibility index (Phi) is 6.53. The maximum atomic E-state index is 11.9. The van der Waals surface area contributed by atoms with Crippen molar-refractivity contribution in [1.82, 2.24) is 4.98 Å². The number of aromatic nitrogens is 1. The van der Waals surface area contributed by atoms with Gasteiger partial charge >= 0.3 is 11.9 Å². The molecule has 7 heteroatoms. The first-order valence-electron chi connectivity index (χ1n) is 8.10. The van der Waals surface area contributed by atoms with Gasteiger partial charge in [0.1, 0.15) is 11.3 Å². The Morgan fingerprint density at radius 3 is 2.62 bits per heavy atom. The molecule has 2 rings (SSSR count). The summed E-state index contributed by atoms with van der Waals surface area (Å²) in [6.45, 7) is 5.47. The molecule has 26 heavy (non-hydrogen) atoms. The maximum Gasteiger partial charge on any atom is 0.355 e. The summed E-state index contributed by atoms with van der Waals surface area (Å²) in [5, 5.41) is 1.44. The molecule has 0 aliphatic rings. The Morgan fingerprint density at radius 1 is 1.31 bits per heavy atom. The second kappa shape index (κ2) is 8.27. The molecule has 0 bridgehead atoms. The standard InChI is InChI=1S/C19H21BrClNO4/c1-19(2,3)26-14(23)8-6-5-7-11-9-12(21)10-13-15(11)16(20)17(22-13)18(24)25-4/h6,8-10,22H,5,7H2,1-4H3/b8-6+. The summed E-state index contributed by atoms with van der Waals surface area (Å²) in [5.74, 6) is -0.829. The van der Waals surface area contributed by atoms with Crippen LogP contribution in [0, 0.1) is 0 Å². The number of methoxy groups -OCH3 is 1. The normalized spacial score (nSPS) is 11.9. The highest BCUT2D eigenvalue weighted by molar-refractivity contribution is 9.10. The molecule has 1 N–H and O–H groups in total. The van der Waals surface area contributed by atoms with Crippen LogP contribution in [0.1, 0.15) is 43.2 Å². The van der Waals surface area contributed by atoms with Crippen LogP contribution in [0.15, 0.2) is 28.8 Å². The van der Waals surface area contributed by atoms with Crippen molar-refractivity contribution in [1.29, 1.82) is 0 Å². The molecule has 1 aromatic heterocycles. The number of hydrogen-bond acceptors (Lipinski definition) is 4. The van der Waals surface area contributed by atoms with Crippen molar-refractivity contribution < 1.29 is 19.1 Å². The van der Waals surface area contributed by atoms with Crippen molar-refractivity contribution in [2.24, 2.45) is 0 Å². The molecule has 1 aromatic carbocycles. The SMILES string of the molecule is COC(=O)c1[nH]c2cc(Cl)cc(CC/C=C/C(=O)OC(C)(C)C)c2c1Br. The predicted molar refractivity (Wildman–Crippen MR) is 106 cm³/mol. The molecule has 0 unspecified atom stereocenters. The number of H-pyrrole nitrogens is 1. The van der Waals surface area contributed by atoms with E-state index in [1.807, 2.05) is 26.8 Å². The highest BCUT2D eigenvalue weighted by Crippen LogP contribution is 2.34. The first-order chi connectivity index (χ1) is 12.1. The largest absolute Gasteiger partial charge is 0.464 e. The average Bonchev–Trinajstić information content (AvgIpc) is 2.85. The van der Waals surface area contributed by atoms with Crippen LogP contribution in [0.25, 0.3) is 10.9 Å². The van der Waals surface area contributed by atoms with Crippen LogP contribution in [-0.4, -0.2) is 29.6 Å². The van der Waals surface area contributed by atoms with Crippen molar-refractivity contribution in [3.8, 4) is 0 Å². The number of carbonyl (C=O) groups is 2. The highest BCUT2D eigenvalue weighted by atomic mass is 79.9. The Morgan fingerprint density at radius 2 is 2.00 bits per heavy atom. The highest BCUT2D eigenvalue weighted by Gasteiger charge is 2.19. The number of nitrogens with one attached hydrogen (secondary N) is 1. The van der Waals surface area contributed by atoms with E-state index in [0.717, 1.165) is 16.5 Å². The van der Waals surface area contributed by atoms with Gasteiger partial charge in [-0.3, -0.25) is 0 Å². The van der Waals surface area contributed by atoms with Gasteiger partial charge in [0.15, 0.2) is 0 Å². The second-order valence-corrected chi connectivity index (χ2v) is 8.00.